The van der Waals surface area contributed by atoms with Gasteiger partial charge in [-0.2, -0.15) is 0 Å². The Morgan fingerprint density at radius 2 is 1.67 bits per heavy atom. The number of likely N-dealkylation sites (tertiary alicyclic amines) is 1. The average Bonchev–Trinajstić information content (AvgIpc) is 3.75. The van der Waals surface area contributed by atoms with Crippen molar-refractivity contribution in [3.63, 3.8) is 0 Å². The molecule has 4 heterocycles. The molecular formula is C42H46N6O6S. The number of morpholine rings is 1. The van der Waals surface area contributed by atoms with Crippen molar-refractivity contribution in [1.82, 2.24) is 14.8 Å². The zero-order valence-electron chi connectivity index (χ0n) is 31.3. The van der Waals surface area contributed by atoms with E-state index in [1.54, 1.807) is 23.2 Å². The molecule has 3 saturated heterocycles. The summed E-state index contributed by atoms with van der Waals surface area (Å²) in [4.78, 5) is 55.9. The first kappa shape index (κ1) is 38.1. The first-order chi connectivity index (χ1) is 26.6. The first-order valence-corrected chi connectivity index (χ1v) is 19.4. The Morgan fingerprint density at radius 3 is 2.36 bits per heavy atom. The van der Waals surface area contributed by atoms with E-state index in [1.807, 2.05) is 93.6 Å². The molecular weight excluding hydrogens is 717 g/mol. The molecule has 1 aromatic heterocycles. The van der Waals surface area contributed by atoms with Crippen molar-refractivity contribution in [2.75, 3.05) is 43.1 Å². The SMILES string of the molecule is CC(C)(C)O[C@@H]1C[C@@H](C(=O)Nc2ccc(C3SC(=Nc4ccc(N5CCOCC5)cc4)N(Cc4ccccn4)C3=O)cc2)N(C(=O)OCc2ccccc2)C1. The third-order valence-electron chi connectivity index (χ3n) is 9.45. The van der Waals surface area contributed by atoms with Crippen molar-refractivity contribution >= 4 is 51.9 Å². The number of hydrogen-bond acceptors (Lipinski definition) is 10. The maximum atomic E-state index is 14.0. The van der Waals surface area contributed by atoms with Crippen molar-refractivity contribution in [3.05, 3.63) is 120 Å². The maximum Gasteiger partial charge on any atom is 0.410 e. The van der Waals surface area contributed by atoms with Gasteiger partial charge >= 0.3 is 6.09 Å². The number of nitrogens with zero attached hydrogens (tertiary/aromatic N) is 5. The molecule has 3 fully saturated rings. The van der Waals surface area contributed by atoms with E-state index in [4.69, 9.17) is 19.2 Å². The molecule has 286 valence electrons. The summed E-state index contributed by atoms with van der Waals surface area (Å²) in [7, 11) is 0. The summed E-state index contributed by atoms with van der Waals surface area (Å²) >= 11 is 1.39. The topological polar surface area (TPSA) is 126 Å². The van der Waals surface area contributed by atoms with Crippen LogP contribution in [0.3, 0.4) is 0 Å². The minimum absolute atomic E-state index is 0.0988. The standard InChI is InChI=1S/C42H46N6O6S/c1-42(2,3)54-35-25-36(47(27-35)41(51)53-28-29-9-5-4-6-10-29)38(49)44-31-14-12-30(13-15-31)37-39(50)48(26-33-11-7-8-20-43-33)40(55-37)45-32-16-18-34(19-17-32)46-21-23-52-24-22-46/h4-20,35-37H,21-28H2,1-3H3,(H,44,49)/t35-,36+,37?/m1/s1. The second-order valence-corrected chi connectivity index (χ2v) is 15.7. The molecule has 3 aromatic carbocycles. The molecule has 13 heteroatoms. The largest absolute Gasteiger partial charge is 0.445 e. The van der Waals surface area contributed by atoms with Crippen molar-refractivity contribution in [1.29, 1.82) is 0 Å². The number of hydrogen-bond donors (Lipinski definition) is 1. The number of anilines is 2. The van der Waals surface area contributed by atoms with Crippen LogP contribution in [0.15, 0.2) is 108 Å². The summed E-state index contributed by atoms with van der Waals surface area (Å²) < 4.78 is 17.3. The van der Waals surface area contributed by atoms with Gasteiger partial charge in [0.15, 0.2) is 5.17 Å². The van der Waals surface area contributed by atoms with E-state index in [1.165, 1.54) is 16.7 Å². The highest BCUT2D eigenvalue weighted by molar-refractivity contribution is 8.15. The Morgan fingerprint density at radius 1 is 0.945 bits per heavy atom. The zero-order chi connectivity index (χ0) is 38.4. The Balaban J connectivity index is 1.05. The molecule has 0 saturated carbocycles. The molecule has 4 aromatic rings. The second-order valence-electron chi connectivity index (χ2n) is 14.7. The number of rotatable bonds is 10. The molecule has 3 aliphatic rings. The van der Waals surface area contributed by atoms with Gasteiger partial charge in [-0.1, -0.05) is 60.3 Å². The third-order valence-corrected chi connectivity index (χ3v) is 10.7. The van der Waals surface area contributed by atoms with Crippen LogP contribution in [0.25, 0.3) is 0 Å². The molecule has 7 rings (SSSR count). The second kappa shape index (κ2) is 17.1. The summed E-state index contributed by atoms with van der Waals surface area (Å²) in [5, 5.41) is 3.02. The number of carbonyl (C=O) groups excluding carboxylic acids is 3. The van der Waals surface area contributed by atoms with Gasteiger partial charge in [-0.05, 0) is 80.4 Å². The van der Waals surface area contributed by atoms with Gasteiger partial charge in [0.1, 0.15) is 17.9 Å². The minimum Gasteiger partial charge on any atom is -0.445 e. The van der Waals surface area contributed by atoms with Gasteiger partial charge in [-0.3, -0.25) is 24.4 Å². The van der Waals surface area contributed by atoms with Crippen LogP contribution in [0.1, 0.15) is 49.3 Å². The molecule has 12 nitrogen and oxygen atoms in total. The first-order valence-electron chi connectivity index (χ1n) is 18.5. The predicted molar refractivity (Wildman–Crippen MR) is 213 cm³/mol. The third kappa shape index (κ3) is 9.71. The summed E-state index contributed by atoms with van der Waals surface area (Å²) in [6, 6.07) is 29.6. The Labute approximate surface area is 325 Å². The fourth-order valence-corrected chi connectivity index (χ4v) is 8.00. The van der Waals surface area contributed by atoms with Crippen LogP contribution in [-0.4, -0.2) is 88.5 Å². The van der Waals surface area contributed by atoms with E-state index in [0.29, 0.717) is 30.5 Å². The molecule has 3 amide bonds. The van der Waals surface area contributed by atoms with Gasteiger partial charge in [0, 0.05) is 37.1 Å². The van der Waals surface area contributed by atoms with Crippen LogP contribution in [-0.2, 0) is 37.0 Å². The molecule has 3 aliphatic heterocycles. The Kier molecular flexibility index (Phi) is 11.8. The van der Waals surface area contributed by atoms with Gasteiger partial charge in [-0.25, -0.2) is 9.79 Å². The molecule has 1 N–H and O–H groups in total. The fraction of sp³-hybridized carbons (Fsp3) is 0.357. The van der Waals surface area contributed by atoms with Crippen LogP contribution >= 0.6 is 11.8 Å². The number of thioether (sulfide) groups is 1. The number of amidine groups is 1. The van der Waals surface area contributed by atoms with Gasteiger partial charge in [0.2, 0.25) is 11.8 Å². The van der Waals surface area contributed by atoms with Gasteiger partial charge < -0.3 is 24.4 Å². The molecule has 1 unspecified atom stereocenters. The lowest BCUT2D eigenvalue weighted by Gasteiger charge is -2.28. The lowest BCUT2D eigenvalue weighted by molar-refractivity contribution is -0.126. The minimum atomic E-state index is -0.788. The van der Waals surface area contributed by atoms with E-state index < -0.39 is 23.0 Å². The van der Waals surface area contributed by atoms with E-state index in [2.05, 4.69) is 27.3 Å². The van der Waals surface area contributed by atoms with E-state index >= 15 is 0 Å². The highest BCUT2D eigenvalue weighted by Gasteiger charge is 2.43. The lowest BCUT2D eigenvalue weighted by atomic mass is 10.1. The monoisotopic (exact) mass is 762 g/mol. The fourth-order valence-electron chi connectivity index (χ4n) is 6.82. The molecule has 0 radical (unpaired) electrons. The summed E-state index contributed by atoms with van der Waals surface area (Å²) in [5.74, 6) is -0.442. The number of pyridine rings is 1. The molecule has 0 bridgehead atoms. The summed E-state index contributed by atoms with van der Waals surface area (Å²) in [5.41, 5.74) is 4.34. The maximum absolute atomic E-state index is 14.0. The van der Waals surface area contributed by atoms with Crippen molar-refractivity contribution in [2.45, 2.75) is 63.3 Å². The van der Waals surface area contributed by atoms with Crippen LogP contribution in [0, 0.1) is 0 Å². The van der Waals surface area contributed by atoms with Gasteiger partial charge in [0.05, 0.1) is 49.4 Å². The number of aromatic nitrogens is 1. The molecule has 3 atom stereocenters. The lowest BCUT2D eigenvalue weighted by Crippen LogP contribution is -2.43. The van der Waals surface area contributed by atoms with Gasteiger partial charge in [-0.15, -0.1) is 0 Å². The number of carbonyl (C=O) groups is 3. The molecule has 55 heavy (non-hydrogen) atoms. The van der Waals surface area contributed by atoms with Crippen LogP contribution in [0.5, 0.6) is 0 Å². The van der Waals surface area contributed by atoms with Gasteiger partial charge in [0.25, 0.3) is 0 Å². The Hall–Kier alpha value is -5.24. The highest BCUT2D eigenvalue weighted by atomic mass is 32.2. The van der Waals surface area contributed by atoms with E-state index in [9.17, 15) is 14.4 Å². The van der Waals surface area contributed by atoms with Crippen molar-refractivity contribution < 1.29 is 28.6 Å². The number of ether oxygens (including phenoxy) is 3. The van der Waals surface area contributed by atoms with Crippen LogP contribution < -0.4 is 10.2 Å². The predicted octanol–water partition coefficient (Wildman–Crippen LogP) is 6.96. The Bertz CT molecular complexity index is 1970. The summed E-state index contributed by atoms with van der Waals surface area (Å²) in [6.45, 7) is 9.57. The molecule has 0 spiro atoms. The van der Waals surface area contributed by atoms with Crippen LogP contribution in [0.4, 0.5) is 21.9 Å². The number of benzene rings is 3. The van der Waals surface area contributed by atoms with Crippen molar-refractivity contribution in [3.8, 4) is 0 Å². The number of aliphatic imine (C=N–C) groups is 1. The quantitative estimate of drug-likeness (QED) is 0.183. The number of nitrogens with one attached hydrogen (secondary N) is 1. The smallest absolute Gasteiger partial charge is 0.410 e. The molecule has 0 aliphatic carbocycles. The highest BCUT2D eigenvalue weighted by Crippen LogP contribution is 2.41. The zero-order valence-corrected chi connectivity index (χ0v) is 32.1. The normalized spacial score (nSPS) is 20.9. The van der Waals surface area contributed by atoms with Crippen LogP contribution in [0.2, 0.25) is 0 Å². The number of amides is 3. The van der Waals surface area contributed by atoms with Crippen molar-refractivity contribution in [2.24, 2.45) is 4.99 Å². The van der Waals surface area contributed by atoms with E-state index in [0.717, 1.165) is 41.3 Å². The van der Waals surface area contributed by atoms with E-state index in [-0.39, 0.29) is 37.6 Å². The average molecular weight is 763 g/mol. The summed E-state index contributed by atoms with van der Waals surface area (Å²) in [6.07, 6.45) is 1.14.